The molecule has 9 rings (SSSR count). The van der Waals surface area contributed by atoms with E-state index in [0.29, 0.717) is 0 Å². The minimum absolute atomic E-state index is 0.101. The van der Waals surface area contributed by atoms with Gasteiger partial charge in [-0.3, -0.25) is 0 Å². The largest absolute Gasteiger partial charge is 0.330 e. The fourth-order valence-corrected chi connectivity index (χ4v) is 7.98. The Morgan fingerprint density at radius 2 is 0.787 bits per heavy atom. The van der Waals surface area contributed by atoms with E-state index in [1.54, 1.807) is 0 Å². The van der Waals surface area contributed by atoms with Gasteiger partial charge in [-0.05, 0) is 110 Å². The van der Waals surface area contributed by atoms with Crippen LogP contribution in [-0.4, -0.2) is 0 Å². The quantitative estimate of drug-likeness (QED) is 0.190. The lowest BCUT2D eigenvalue weighted by molar-refractivity contribution is 0.405. The number of benzene rings is 7. The number of rotatable bonds is 5. The van der Waals surface area contributed by atoms with Gasteiger partial charge in [0, 0.05) is 17.8 Å². The van der Waals surface area contributed by atoms with Gasteiger partial charge in [0.2, 0.25) is 0 Å². The van der Waals surface area contributed by atoms with Gasteiger partial charge in [-0.1, -0.05) is 140 Å². The molecule has 0 N–H and O–H groups in total. The Labute approximate surface area is 277 Å². The van der Waals surface area contributed by atoms with E-state index in [0.717, 1.165) is 19.3 Å². The number of anilines is 2. The Hall–Kier alpha value is -5.66. The fourth-order valence-electron chi connectivity index (χ4n) is 7.98. The van der Waals surface area contributed by atoms with Crippen LogP contribution in [0.5, 0.6) is 0 Å². The van der Waals surface area contributed by atoms with Crippen molar-refractivity contribution in [3.05, 3.63) is 193 Å². The Balaban J connectivity index is 1.12. The second-order valence-electron chi connectivity index (χ2n) is 13.0. The fraction of sp³-hybridized carbons (Fsp3) is 0.0870. The van der Waals surface area contributed by atoms with Crippen molar-refractivity contribution in [1.29, 1.82) is 0 Å². The van der Waals surface area contributed by atoms with Crippen molar-refractivity contribution in [2.24, 2.45) is 0 Å². The van der Waals surface area contributed by atoms with E-state index in [2.05, 4.69) is 181 Å². The van der Waals surface area contributed by atoms with E-state index in [1.165, 1.54) is 72.6 Å². The van der Waals surface area contributed by atoms with E-state index < -0.39 is 0 Å². The topological polar surface area (TPSA) is 3.24 Å². The van der Waals surface area contributed by atoms with Gasteiger partial charge >= 0.3 is 0 Å². The van der Waals surface area contributed by atoms with Crippen molar-refractivity contribution in [2.75, 3.05) is 4.90 Å². The highest BCUT2D eigenvalue weighted by molar-refractivity contribution is 5.83. The molecule has 0 bridgehead atoms. The summed E-state index contributed by atoms with van der Waals surface area (Å²) in [7, 11) is 0. The van der Waals surface area contributed by atoms with E-state index in [9.17, 15) is 0 Å². The molecule has 2 aliphatic rings. The first-order chi connectivity index (χ1) is 23.2. The third-order valence-electron chi connectivity index (χ3n) is 10.3. The van der Waals surface area contributed by atoms with Gasteiger partial charge in [0.1, 0.15) is 0 Å². The molecule has 224 valence electrons. The highest BCUT2D eigenvalue weighted by Crippen LogP contribution is 2.56. The van der Waals surface area contributed by atoms with Crippen LogP contribution in [-0.2, 0) is 18.4 Å². The molecular formula is C46H35N. The smallest absolute Gasteiger partial charge is 0.0746 e. The third kappa shape index (κ3) is 4.78. The summed E-state index contributed by atoms with van der Waals surface area (Å²) in [5, 5.41) is 0. The van der Waals surface area contributed by atoms with Gasteiger partial charge in [-0.15, -0.1) is 0 Å². The van der Waals surface area contributed by atoms with Crippen LogP contribution >= 0.6 is 0 Å². The van der Waals surface area contributed by atoms with Crippen LogP contribution in [0.15, 0.2) is 176 Å². The van der Waals surface area contributed by atoms with Crippen LogP contribution in [0.1, 0.15) is 23.1 Å². The van der Waals surface area contributed by atoms with Crippen LogP contribution in [0.2, 0.25) is 0 Å². The molecule has 2 heterocycles. The SMILES string of the molecule is c1ccc(-c2cccc(-c3ccc4c(c3)CCC3(c5ccccc5)Cc5cc(-c6cccc(-c7ccccc7)c6)ccc5N43)c2)cc1. The zero-order valence-electron chi connectivity index (χ0n) is 26.3. The zero-order valence-corrected chi connectivity index (χ0v) is 26.3. The van der Waals surface area contributed by atoms with E-state index in [-0.39, 0.29) is 5.54 Å². The van der Waals surface area contributed by atoms with E-state index in [4.69, 9.17) is 0 Å². The number of hydrogen-bond donors (Lipinski definition) is 0. The molecule has 0 aliphatic carbocycles. The predicted octanol–water partition coefficient (Wildman–Crippen LogP) is 11.9. The van der Waals surface area contributed by atoms with Gasteiger partial charge in [0.05, 0.1) is 5.54 Å². The van der Waals surface area contributed by atoms with Crippen molar-refractivity contribution in [3.63, 3.8) is 0 Å². The summed E-state index contributed by atoms with van der Waals surface area (Å²) in [4.78, 5) is 2.67. The molecule has 0 saturated heterocycles. The summed E-state index contributed by atoms with van der Waals surface area (Å²) < 4.78 is 0. The highest BCUT2D eigenvalue weighted by Gasteiger charge is 2.48. The number of fused-ring (bicyclic) bond motifs is 5. The average Bonchev–Trinajstić information content (AvgIpc) is 3.51. The first-order valence-corrected chi connectivity index (χ1v) is 16.7. The van der Waals surface area contributed by atoms with Crippen molar-refractivity contribution in [3.8, 4) is 44.5 Å². The van der Waals surface area contributed by atoms with Crippen molar-refractivity contribution in [2.45, 2.75) is 24.8 Å². The summed E-state index contributed by atoms with van der Waals surface area (Å²) in [6.07, 6.45) is 3.12. The summed E-state index contributed by atoms with van der Waals surface area (Å²) in [6, 6.07) is 64.7. The van der Waals surface area contributed by atoms with Crippen LogP contribution in [0.3, 0.4) is 0 Å². The van der Waals surface area contributed by atoms with Crippen LogP contribution in [0.4, 0.5) is 11.4 Å². The van der Waals surface area contributed by atoms with Crippen LogP contribution < -0.4 is 4.90 Å². The second kappa shape index (κ2) is 11.3. The maximum atomic E-state index is 2.67. The first-order valence-electron chi connectivity index (χ1n) is 16.7. The molecular weight excluding hydrogens is 567 g/mol. The Kier molecular flexibility index (Phi) is 6.64. The summed E-state index contributed by atoms with van der Waals surface area (Å²) >= 11 is 0. The zero-order chi connectivity index (χ0) is 31.2. The van der Waals surface area contributed by atoms with Gasteiger partial charge in [0.25, 0.3) is 0 Å². The van der Waals surface area contributed by atoms with Crippen molar-refractivity contribution < 1.29 is 0 Å². The van der Waals surface area contributed by atoms with Gasteiger partial charge in [-0.25, -0.2) is 0 Å². The molecule has 7 aromatic rings. The molecule has 0 fully saturated rings. The normalized spacial score (nSPS) is 16.3. The molecule has 2 aliphatic heterocycles. The third-order valence-corrected chi connectivity index (χ3v) is 10.3. The number of aryl methyl sites for hydroxylation is 1. The lowest BCUT2D eigenvalue weighted by Crippen LogP contribution is -2.44. The molecule has 7 aromatic carbocycles. The Morgan fingerprint density at radius 1 is 0.362 bits per heavy atom. The molecule has 1 heteroatoms. The second-order valence-corrected chi connectivity index (χ2v) is 13.0. The monoisotopic (exact) mass is 601 g/mol. The lowest BCUT2D eigenvalue weighted by Gasteiger charge is -2.45. The first kappa shape index (κ1) is 27.6. The number of hydrogen-bond acceptors (Lipinski definition) is 1. The minimum atomic E-state index is -0.101. The lowest BCUT2D eigenvalue weighted by atomic mass is 9.77. The molecule has 1 atom stereocenters. The predicted molar refractivity (Wildman–Crippen MR) is 197 cm³/mol. The van der Waals surface area contributed by atoms with E-state index in [1.807, 2.05) is 0 Å². The summed E-state index contributed by atoms with van der Waals surface area (Å²) in [5.74, 6) is 0. The summed E-state index contributed by atoms with van der Waals surface area (Å²) in [6.45, 7) is 0. The molecule has 0 amide bonds. The van der Waals surface area contributed by atoms with Gasteiger partial charge < -0.3 is 4.90 Å². The van der Waals surface area contributed by atoms with Crippen molar-refractivity contribution >= 4 is 11.4 Å². The molecule has 47 heavy (non-hydrogen) atoms. The van der Waals surface area contributed by atoms with E-state index >= 15 is 0 Å². The summed E-state index contributed by atoms with van der Waals surface area (Å²) in [5.41, 5.74) is 16.9. The Bertz CT molecular complexity index is 2220. The van der Waals surface area contributed by atoms with Crippen LogP contribution in [0.25, 0.3) is 44.5 Å². The molecule has 0 aromatic heterocycles. The maximum absolute atomic E-state index is 2.67. The van der Waals surface area contributed by atoms with Crippen molar-refractivity contribution in [1.82, 2.24) is 0 Å². The molecule has 0 radical (unpaired) electrons. The molecule has 1 unspecified atom stereocenters. The average molecular weight is 602 g/mol. The molecule has 0 saturated carbocycles. The molecule has 1 nitrogen and oxygen atoms in total. The van der Waals surface area contributed by atoms with Gasteiger partial charge in [-0.2, -0.15) is 0 Å². The van der Waals surface area contributed by atoms with Crippen LogP contribution in [0, 0.1) is 0 Å². The minimum Gasteiger partial charge on any atom is -0.330 e. The Morgan fingerprint density at radius 3 is 1.34 bits per heavy atom. The maximum Gasteiger partial charge on any atom is 0.0746 e. The standard InChI is InChI=1S/C46H35N/c1-4-12-33(13-5-1)35-16-10-18-37(28-35)39-22-24-44-41(30-39)26-27-46(43-20-8-3-9-21-43)32-42-31-40(23-25-45(42)47(44)46)38-19-11-17-36(29-38)34-14-6-2-7-15-34/h1-25,28-31H,26-27,32H2. The number of nitrogens with zero attached hydrogens (tertiary/aromatic N) is 1. The van der Waals surface area contributed by atoms with Gasteiger partial charge in [0.15, 0.2) is 0 Å². The highest BCUT2D eigenvalue weighted by atomic mass is 15.2. The molecule has 0 spiro atoms.